The smallest absolute Gasteiger partial charge is 0.274 e. The first-order valence-corrected chi connectivity index (χ1v) is 10.6. The van der Waals surface area contributed by atoms with Crippen LogP contribution in [0.15, 0.2) is 30.5 Å². The van der Waals surface area contributed by atoms with E-state index in [9.17, 15) is 4.79 Å². The van der Waals surface area contributed by atoms with Crippen LogP contribution < -0.4 is 5.32 Å². The molecule has 1 fully saturated rings. The summed E-state index contributed by atoms with van der Waals surface area (Å²) in [6.45, 7) is 6.14. The van der Waals surface area contributed by atoms with Gasteiger partial charge in [0.1, 0.15) is 0 Å². The van der Waals surface area contributed by atoms with Crippen molar-refractivity contribution in [1.82, 2.24) is 19.9 Å². The van der Waals surface area contributed by atoms with E-state index in [1.54, 1.807) is 24.6 Å². The standard InChI is InChI=1S/C21H25N5O2S/c1-13-10-17-19(29-13)18(20(27)26-9-7-15(11-26)12-28-3)25-21(24-17)23-14(2)16-6-4-5-8-22-16/h4-6,8,10,14-15H,7,9,11-12H2,1-3H3,(H,23,24,25). The molecule has 7 nitrogen and oxygen atoms in total. The lowest BCUT2D eigenvalue weighted by Crippen LogP contribution is -2.30. The molecule has 4 heterocycles. The first kappa shape index (κ1) is 19.7. The van der Waals surface area contributed by atoms with Crippen LogP contribution in [-0.2, 0) is 4.74 Å². The highest BCUT2D eigenvalue weighted by Gasteiger charge is 2.29. The molecule has 0 aromatic carbocycles. The van der Waals surface area contributed by atoms with Crippen molar-refractivity contribution in [2.75, 3.05) is 32.1 Å². The summed E-state index contributed by atoms with van der Waals surface area (Å²) in [5.41, 5.74) is 2.17. The molecule has 1 aliphatic heterocycles. The molecule has 1 aliphatic rings. The number of hydrogen-bond acceptors (Lipinski definition) is 7. The Balaban J connectivity index is 1.63. The Hall–Kier alpha value is -2.58. The Morgan fingerprint density at radius 3 is 3.03 bits per heavy atom. The summed E-state index contributed by atoms with van der Waals surface area (Å²) >= 11 is 1.56. The van der Waals surface area contributed by atoms with E-state index in [-0.39, 0.29) is 11.9 Å². The number of carbonyl (C=O) groups is 1. The molecule has 0 bridgehead atoms. The number of pyridine rings is 1. The minimum atomic E-state index is -0.0748. The van der Waals surface area contributed by atoms with E-state index in [4.69, 9.17) is 4.74 Å². The van der Waals surface area contributed by atoms with Gasteiger partial charge in [0.05, 0.1) is 28.6 Å². The van der Waals surface area contributed by atoms with E-state index < -0.39 is 0 Å². The Morgan fingerprint density at radius 2 is 2.28 bits per heavy atom. The predicted molar refractivity (Wildman–Crippen MR) is 114 cm³/mol. The first-order chi connectivity index (χ1) is 14.0. The fourth-order valence-corrected chi connectivity index (χ4v) is 4.63. The van der Waals surface area contributed by atoms with Gasteiger partial charge < -0.3 is 15.0 Å². The van der Waals surface area contributed by atoms with Gasteiger partial charge in [-0.05, 0) is 38.5 Å². The molecule has 3 aromatic rings. The zero-order valence-corrected chi connectivity index (χ0v) is 17.7. The van der Waals surface area contributed by atoms with Crippen LogP contribution in [0.1, 0.15) is 40.4 Å². The number of likely N-dealkylation sites (tertiary alicyclic amines) is 1. The third-order valence-electron chi connectivity index (χ3n) is 5.15. The lowest BCUT2D eigenvalue weighted by Gasteiger charge is -2.18. The van der Waals surface area contributed by atoms with Crippen molar-refractivity contribution in [2.24, 2.45) is 5.92 Å². The number of hydrogen-bond donors (Lipinski definition) is 1. The molecule has 3 aromatic heterocycles. The number of rotatable bonds is 6. The highest BCUT2D eigenvalue weighted by Crippen LogP contribution is 2.30. The van der Waals surface area contributed by atoms with Crippen LogP contribution in [0.3, 0.4) is 0 Å². The summed E-state index contributed by atoms with van der Waals surface area (Å²) in [6.07, 6.45) is 2.72. The summed E-state index contributed by atoms with van der Waals surface area (Å²) in [7, 11) is 1.70. The lowest BCUT2D eigenvalue weighted by atomic mass is 10.1. The first-order valence-electron chi connectivity index (χ1n) is 9.79. The van der Waals surface area contributed by atoms with Crippen LogP contribution in [0.2, 0.25) is 0 Å². The third kappa shape index (κ3) is 4.23. The van der Waals surface area contributed by atoms with E-state index in [1.165, 1.54) is 0 Å². The molecule has 8 heteroatoms. The van der Waals surface area contributed by atoms with Gasteiger partial charge in [0, 0.05) is 37.2 Å². The number of carbonyl (C=O) groups excluding carboxylic acids is 1. The van der Waals surface area contributed by atoms with E-state index in [0.29, 0.717) is 30.7 Å². The van der Waals surface area contributed by atoms with Crippen LogP contribution in [0.4, 0.5) is 5.95 Å². The molecule has 2 unspecified atom stereocenters. The van der Waals surface area contributed by atoms with E-state index in [1.807, 2.05) is 43.0 Å². The number of aromatic nitrogens is 3. The van der Waals surface area contributed by atoms with Gasteiger partial charge in [0.15, 0.2) is 5.69 Å². The maximum absolute atomic E-state index is 13.3. The van der Waals surface area contributed by atoms with Crippen LogP contribution in [-0.4, -0.2) is 52.6 Å². The number of nitrogens with zero attached hydrogens (tertiary/aromatic N) is 4. The van der Waals surface area contributed by atoms with Crippen molar-refractivity contribution < 1.29 is 9.53 Å². The lowest BCUT2D eigenvalue weighted by molar-refractivity contribution is 0.0772. The maximum Gasteiger partial charge on any atom is 0.274 e. The van der Waals surface area contributed by atoms with Crippen LogP contribution in [0.25, 0.3) is 10.2 Å². The predicted octanol–water partition coefficient (Wildman–Crippen LogP) is 3.68. The molecule has 1 saturated heterocycles. The Labute approximate surface area is 174 Å². The quantitative estimate of drug-likeness (QED) is 0.667. The number of amides is 1. The minimum absolute atomic E-state index is 0.0357. The Bertz CT molecular complexity index is 1010. The van der Waals surface area contributed by atoms with Crippen LogP contribution >= 0.6 is 11.3 Å². The molecular formula is C21H25N5O2S. The van der Waals surface area contributed by atoms with Gasteiger partial charge in [0.2, 0.25) is 5.95 Å². The number of fused-ring (bicyclic) bond motifs is 1. The summed E-state index contributed by atoms with van der Waals surface area (Å²) in [5, 5.41) is 3.30. The molecule has 0 spiro atoms. The van der Waals surface area contributed by atoms with E-state index in [0.717, 1.165) is 33.8 Å². The van der Waals surface area contributed by atoms with Gasteiger partial charge in [-0.15, -0.1) is 11.3 Å². The highest BCUT2D eigenvalue weighted by atomic mass is 32.1. The molecule has 0 saturated carbocycles. The number of anilines is 1. The molecule has 0 radical (unpaired) electrons. The minimum Gasteiger partial charge on any atom is -0.384 e. The van der Waals surface area contributed by atoms with Crippen molar-refractivity contribution in [2.45, 2.75) is 26.3 Å². The third-order valence-corrected chi connectivity index (χ3v) is 6.20. The van der Waals surface area contributed by atoms with Crippen molar-refractivity contribution >= 4 is 33.4 Å². The molecule has 152 valence electrons. The zero-order valence-electron chi connectivity index (χ0n) is 16.9. The zero-order chi connectivity index (χ0) is 20.4. The molecule has 29 heavy (non-hydrogen) atoms. The van der Waals surface area contributed by atoms with Crippen molar-refractivity contribution in [1.29, 1.82) is 0 Å². The number of nitrogens with one attached hydrogen (secondary N) is 1. The molecule has 4 rings (SSSR count). The maximum atomic E-state index is 13.3. The Morgan fingerprint density at radius 1 is 1.41 bits per heavy atom. The number of thiophene rings is 1. The van der Waals surface area contributed by atoms with E-state index in [2.05, 4.69) is 20.3 Å². The monoisotopic (exact) mass is 411 g/mol. The summed E-state index contributed by atoms with van der Waals surface area (Å²) < 4.78 is 6.11. The van der Waals surface area contributed by atoms with Gasteiger partial charge in [-0.25, -0.2) is 9.97 Å². The molecule has 2 atom stereocenters. The second-order valence-corrected chi connectivity index (χ2v) is 8.71. The fraction of sp³-hybridized carbons (Fsp3) is 0.429. The molecular weight excluding hydrogens is 386 g/mol. The largest absolute Gasteiger partial charge is 0.384 e. The average molecular weight is 412 g/mol. The number of ether oxygens (including phenoxy) is 1. The van der Waals surface area contributed by atoms with Gasteiger partial charge >= 0.3 is 0 Å². The van der Waals surface area contributed by atoms with Crippen LogP contribution in [0.5, 0.6) is 0 Å². The van der Waals surface area contributed by atoms with Crippen molar-refractivity contribution in [3.63, 3.8) is 0 Å². The molecule has 1 amide bonds. The van der Waals surface area contributed by atoms with Gasteiger partial charge in [0.25, 0.3) is 5.91 Å². The second-order valence-electron chi connectivity index (χ2n) is 7.45. The van der Waals surface area contributed by atoms with Gasteiger partial charge in [-0.1, -0.05) is 6.07 Å². The molecule has 0 aliphatic carbocycles. The highest BCUT2D eigenvalue weighted by molar-refractivity contribution is 7.19. The topological polar surface area (TPSA) is 80.2 Å². The van der Waals surface area contributed by atoms with Gasteiger partial charge in [-0.3, -0.25) is 9.78 Å². The average Bonchev–Trinajstić information content (AvgIpc) is 3.33. The SMILES string of the molecule is COCC1CCN(C(=O)c2nc(NC(C)c3ccccn3)nc3cc(C)sc23)C1. The van der Waals surface area contributed by atoms with Gasteiger partial charge in [-0.2, -0.15) is 0 Å². The normalized spacial score (nSPS) is 17.6. The fourth-order valence-electron chi connectivity index (χ4n) is 3.70. The van der Waals surface area contributed by atoms with E-state index >= 15 is 0 Å². The van der Waals surface area contributed by atoms with Crippen LogP contribution in [0, 0.1) is 12.8 Å². The van der Waals surface area contributed by atoms with Crippen molar-refractivity contribution in [3.05, 3.63) is 46.7 Å². The Kier molecular flexibility index (Phi) is 5.73. The summed E-state index contributed by atoms with van der Waals surface area (Å²) in [5.74, 6) is 0.795. The van der Waals surface area contributed by atoms with Crippen molar-refractivity contribution in [3.8, 4) is 0 Å². The number of methoxy groups -OCH3 is 1. The second kappa shape index (κ2) is 8.42. The summed E-state index contributed by atoms with van der Waals surface area (Å²) in [6, 6.07) is 7.72. The molecule has 1 N–H and O–H groups in total. The number of aryl methyl sites for hydroxylation is 1. The summed E-state index contributed by atoms with van der Waals surface area (Å²) in [4.78, 5) is 29.9.